The Morgan fingerprint density at radius 3 is 2.73 bits per heavy atom. The Labute approximate surface area is 97.9 Å². The van der Waals surface area contributed by atoms with Crippen LogP contribution in [0.3, 0.4) is 0 Å². The largest absolute Gasteiger partial charge is 0.313 e. The first-order valence-corrected chi connectivity index (χ1v) is 6.92. The molecule has 1 aromatic heterocycles. The minimum atomic E-state index is 0.649. The highest BCUT2D eigenvalue weighted by Gasteiger charge is 2.09. The van der Waals surface area contributed by atoms with Gasteiger partial charge in [0.25, 0.3) is 0 Å². The fourth-order valence-corrected chi connectivity index (χ4v) is 2.60. The van der Waals surface area contributed by atoms with E-state index in [1.807, 2.05) is 11.3 Å². The van der Waals surface area contributed by atoms with Gasteiger partial charge in [-0.05, 0) is 24.3 Å². The summed E-state index contributed by atoms with van der Waals surface area (Å²) in [5.74, 6) is 0.649. The summed E-state index contributed by atoms with van der Waals surface area (Å²) in [6.07, 6.45) is 3.82. The van der Waals surface area contributed by atoms with Gasteiger partial charge in [-0.3, -0.25) is 0 Å². The normalized spacial score (nSPS) is 15.1. The van der Waals surface area contributed by atoms with Crippen LogP contribution in [-0.2, 0) is 0 Å². The molecule has 0 saturated carbocycles. The van der Waals surface area contributed by atoms with Crippen molar-refractivity contribution in [2.75, 3.05) is 6.54 Å². The van der Waals surface area contributed by atoms with E-state index in [4.69, 9.17) is 0 Å². The minimum Gasteiger partial charge on any atom is -0.313 e. The summed E-state index contributed by atoms with van der Waals surface area (Å²) in [6, 6.07) is 5.08. The van der Waals surface area contributed by atoms with E-state index in [0.717, 1.165) is 6.54 Å². The first kappa shape index (κ1) is 12.7. The average molecular weight is 225 g/mol. The minimum absolute atomic E-state index is 0.649. The summed E-state index contributed by atoms with van der Waals surface area (Å²) in [4.78, 5) is 1.49. The van der Waals surface area contributed by atoms with E-state index < -0.39 is 0 Å². The first-order chi connectivity index (χ1) is 7.27. The van der Waals surface area contributed by atoms with E-state index in [1.165, 1.54) is 24.1 Å². The van der Waals surface area contributed by atoms with Gasteiger partial charge in [-0.15, -0.1) is 11.3 Å². The van der Waals surface area contributed by atoms with Crippen LogP contribution in [-0.4, -0.2) is 12.6 Å². The van der Waals surface area contributed by atoms with Gasteiger partial charge in [-0.25, -0.2) is 0 Å². The molecule has 0 radical (unpaired) electrons. The van der Waals surface area contributed by atoms with Crippen molar-refractivity contribution in [2.45, 2.75) is 52.0 Å². The number of hydrogen-bond donors (Lipinski definition) is 1. The van der Waals surface area contributed by atoms with E-state index >= 15 is 0 Å². The van der Waals surface area contributed by atoms with E-state index in [2.05, 4.69) is 43.6 Å². The molecule has 2 heteroatoms. The average Bonchev–Trinajstić information content (AvgIpc) is 2.77. The van der Waals surface area contributed by atoms with Crippen LogP contribution >= 0.6 is 11.3 Å². The molecule has 1 rings (SSSR count). The van der Waals surface area contributed by atoms with Crippen LogP contribution in [0, 0.1) is 0 Å². The van der Waals surface area contributed by atoms with E-state index in [0.29, 0.717) is 12.0 Å². The Bertz CT molecular complexity index is 243. The Morgan fingerprint density at radius 2 is 2.20 bits per heavy atom. The molecule has 0 aliphatic rings. The highest BCUT2D eigenvalue weighted by atomic mass is 32.1. The van der Waals surface area contributed by atoms with Crippen molar-refractivity contribution in [1.29, 1.82) is 0 Å². The van der Waals surface area contributed by atoms with Crippen LogP contribution in [0.15, 0.2) is 17.5 Å². The van der Waals surface area contributed by atoms with Gasteiger partial charge < -0.3 is 5.32 Å². The quantitative estimate of drug-likeness (QED) is 0.739. The summed E-state index contributed by atoms with van der Waals surface area (Å²) in [5.41, 5.74) is 0. The Hall–Kier alpha value is -0.340. The molecule has 2 atom stereocenters. The first-order valence-electron chi connectivity index (χ1n) is 6.04. The van der Waals surface area contributed by atoms with Crippen molar-refractivity contribution < 1.29 is 0 Å². The van der Waals surface area contributed by atoms with E-state index in [9.17, 15) is 0 Å². The maximum Gasteiger partial charge on any atom is 0.00860 e. The van der Waals surface area contributed by atoms with Gasteiger partial charge >= 0.3 is 0 Å². The number of nitrogens with one attached hydrogen (secondary N) is 1. The fraction of sp³-hybridized carbons (Fsp3) is 0.692. The number of rotatable bonds is 7. The maximum atomic E-state index is 3.67. The van der Waals surface area contributed by atoms with E-state index in [-0.39, 0.29) is 0 Å². The van der Waals surface area contributed by atoms with Crippen LogP contribution in [0.2, 0.25) is 0 Å². The maximum absolute atomic E-state index is 3.67. The molecule has 0 fully saturated rings. The zero-order valence-corrected chi connectivity index (χ0v) is 10.9. The van der Waals surface area contributed by atoms with Crippen LogP contribution in [0.4, 0.5) is 0 Å². The Balaban J connectivity index is 2.29. The SMILES string of the molecule is CCCC(CC)NCC(C)c1cccs1. The second-order valence-electron chi connectivity index (χ2n) is 4.22. The molecule has 0 saturated heterocycles. The molecule has 0 aliphatic carbocycles. The lowest BCUT2D eigenvalue weighted by Gasteiger charge is -2.18. The molecule has 1 nitrogen and oxygen atoms in total. The lowest BCUT2D eigenvalue weighted by molar-refractivity contribution is 0.450. The summed E-state index contributed by atoms with van der Waals surface area (Å²) < 4.78 is 0. The summed E-state index contributed by atoms with van der Waals surface area (Å²) in [6.45, 7) is 7.94. The molecular formula is C13H23NS. The van der Waals surface area contributed by atoms with Crippen molar-refractivity contribution in [3.05, 3.63) is 22.4 Å². The van der Waals surface area contributed by atoms with Crippen molar-refractivity contribution in [2.24, 2.45) is 0 Å². The third kappa shape index (κ3) is 4.35. The number of hydrogen-bond acceptors (Lipinski definition) is 2. The van der Waals surface area contributed by atoms with Gasteiger partial charge in [0.15, 0.2) is 0 Å². The van der Waals surface area contributed by atoms with E-state index in [1.54, 1.807) is 0 Å². The van der Waals surface area contributed by atoms with Gasteiger partial charge in [0.2, 0.25) is 0 Å². The van der Waals surface area contributed by atoms with Crippen LogP contribution in [0.25, 0.3) is 0 Å². The van der Waals surface area contributed by atoms with Gasteiger partial charge in [0, 0.05) is 23.4 Å². The summed E-state index contributed by atoms with van der Waals surface area (Å²) >= 11 is 1.86. The third-order valence-corrected chi connectivity index (χ3v) is 3.98. The molecule has 15 heavy (non-hydrogen) atoms. The predicted octanol–water partition coefficient (Wildman–Crippen LogP) is 4.02. The molecule has 1 aromatic rings. The van der Waals surface area contributed by atoms with Crippen molar-refractivity contribution in [1.82, 2.24) is 5.32 Å². The monoisotopic (exact) mass is 225 g/mol. The zero-order chi connectivity index (χ0) is 11.1. The summed E-state index contributed by atoms with van der Waals surface area (Å²) in [5, 5.41) is 5.83. The molecule has 86 valence electrons. The van der Waals surface area contributed by atoms with Crippen molar-refractivity contribution in [3.8, 4) is 0 Å². The Morgan fingerprint density at radius 1 is 1.40 bits per heavy atom. The Kier molecular flexibility index (Phi) is 5.96. The van der Waals surface area contributed by atoms with Crippen LogP contribution in [0.5, 0.6) is 0 Å². The highest BCUT2D eigenvalue weighted by Crippen LogP contribution is 2.20. The number of thiophene rings is 1. The molecule has 1 heterocycles. The summed E-state index contributed by atoms with van der Waals surface area (Å²) in [7, 11) is 0. The van der Waals surface area contributed by atoms with Gasteiger partial charge in [0.1, 0.15) is 0 Å². The van der Waals surface area contributed by atoms with Crippen LogP contribution < -0.4 is 5.32 Å². The molecule has 0 aliphatic heterocycles. The zero-order valence-electron chi connectivity index (χ0n) is 10.1. The molecule has 1 N–H and O–H groups in total. The fourth-order valence-electron chi connectivity index (χ4n) is 1.81. The molecule has 0 spiro atoms. The molecule has 0 aromatic carbocycles. The second-order valence-corrected chi connectivity index (χ2v) is 5.20. The molecular weight excluding hydrogens is 202 g/mol. The van der Waals surface area contributed by atoms with Crippen LogP contribution in [0.1, 0.15) is 50.8 Å². The van der Waals surface area contributed by atoms with Crippen molar-refractivity contribution >= 4 is 11.3 Å². The topological polar surface area (TPSA) is 12.0 Å². The van der Waals surface area contributed by atoms with Crippen molar-refractivity contribution in [3.63, 3.8) is 0 Å². The lowest BCUT2D eigenvalue weighted by atomic mass is 10.1. The predicted molar refractivity (Wildman–Crippen MR) is 69.7 cm³/mol. The standard InChI is InChI=1S/C13H23NS/c1-4-7-12(5-2)14-10-11(3)13-8-6-9-15-13/h6,8-9,11-12,14H,4-5,7,10H2,1-3H3. The smallest absolute Gasteiger partial charge is 0.00860 e. The lowest BCUT2D eigenvalue weighted by Crippen LogP contribution is -2.31. The third-order valence-electron chi connectivity index (χ3n) is 2.87. The van der Waals surface area contributed by atoms with Gasteiger partial charge in [-0.2, -0.15) is 0 Å². The molecule has 2 unspecified atom stereocenters. The second kappa shape index (κ2) is 7.02. The van der Waals surface area contributed by atoms with Gasteiger partial charge in [-0.1, -0.05) is 33.3 Å². The molecule has 0 bridgehead atoms. The van der Waals surface area contributed by atoms with Gasteiger partial charge in [0.05, 0.1) is 0 Å². The highest BCUT2D eigenvalue weighted by molar-refractivity contribution is 7.10. The molecule has 0 amide bonds.